The normalized spacial score (nSPS) is 16.8. The molecule has 2 aromatic rings. The lowest BCUT2D eigenvalue weighted by Gasteiger charge is -2.05. The van der Waals surface area contributed by atoms with Crippen molar-refractivity contribution in [2.45, 2.75) is 18.1 Å². The second-order valence-electron chi connectivity index (χ2n) is 3.91. The molecule has 0 spiro atoms. The molecule has 0 N–H and O–H groups in total. The van der Waals surface area contributed by atoms with E-state index in [1.807, 2.05) is 0 Å². The van der Waals surface area contributed by atoms with Gasteiger partial charge in [0.15, 0.2) is 0 Å². The zero-order valence-electron chi connectivity index (χ0n) is 8.30. The van der Waals surface area contributed by atoms with Gasteiger partial charge in [0.25, 0.3) is 0 Å². The van der Waals surface area contributed by atoms with E-state index in [-0.39, 0.29) is 5.25 Å². The molecule has 1 saturated carbocycles. The van der Waals surface area contributed by atoms with E-state index in [1.54, 1.807) is 24.5 Å². The molecule has 0 amide bonds. The number of aromatic nitrogens is 2. The third-order valence-corrected chi connectivity index (χ3v) is 5.30. The quantitative estimate of drug-likeness (QED) is 0.854. The lowest BCUT2D eigenvalue weighted by atomic mass is 10.4. The van der Waals surface area contributed by atoms with Crippen LogP contribution in [-0.4, -0.2) is 22.6 Å². The zero-order chi connectivity index (χ0) is 11.3. The molecule has 84 valence electrons. The summed E-state index contributed by atoms with van der Waals surface area (Å²) in [4.78, 5) is 4.16. The van der Waals surface area contributed by atoms with Gasteiger partial charge >= 0.3 is 0 Å². The number of hydrogen-bond donors (Lipinski definition) is 0. The van der Waals surface area contributed by atoms with Crippen molar-refractivity contribution in [3.63, 3.8) is 0 Å². The Labute approximate surface area is 101 Å². The summed E-state index contributed by atoms with van der Waals surface area (Å²) in [5, 5.41) is -0.206. The van der Waals surface area contributed by atoms with Crippen LogP contribution in [0.2, 0.25) is 0 Å². The zero-order valence-corrected chi connectivity index (χ0v) is 10.7. The summed E-state index contributed by atoms with van der Waals surface area (Å²) >= 11 is 3.30. The van der Waals surface area contributed by atoms with Crippen LogP contribution >= 0.6 is 15.9 Å². The number of hydrogen-bond acceptors (Lipinski definition) is 3. The molecule has 16 heavy (non-hydrogen) atoms. The molecule has 1 aliphatic rings. The highest BCUT2D eigenvalue weighted by Gasteiger charge is 2.37. The van der Waals surface area contributed by atoms with Crippen LogP contribution in [0, 0.1) is 0 Å². The van der Waals surface area contributed by atoms with Gasteiger partial charge in [0.05, 0.1) is 16.3 Å². The van der Waals surface area contributed by atoms with Gasteiger partial charge in [0.1, 0.15) is 0 Å². The van der Waals surface area contributed by atoms with E-state index >= 15 is 0 Å². The third-order valence-electron chi connectivity index (χ3n) is 2.69. The van der Waals surface area contributed by atoms with Crippen molar-refractivity contribution < 1.29 is 8.42 Å². The largest absolute Gasteiger partial charge is 0.253 e. The molecule has 2 aromatic heterocycles. The molecule has 1 aliphatic carbocycles. The minimum atomic E-state index is -3.21. The first-order valence-corrected chi connectivity index (χ1v) is 7.25. The lowest BCUT2D eigenvalue weighted by molar-refractivity contribution is 0.587. The molecule has 0 saturated heterocycles. The topological polar surface area (TPSA) is 52.0 Å². The van der Waals surface area contributed by atoms with Crippen molar-refractivity contribution >= 4 is 37.0 Å². The van der Waals surface area contributed by atoms with Gasteiger partial charge in [-0.25, -0.2) is 12.4 Å². The van der Waals surface area contributed by atoms with Crippen molar-refractivity contribution in [1.82, 2.24) is 8.96 Å². The minimum absolute atomic E-state index is 0.206. The van der Waals surface area contributed by atoms with E-state index in [9.17, 15) is 8.42 Å². The highest BCUT2D eigenvalue weighted by Crippen LogP contribution is 2.32. The maximum Gasteiger partial charge on any atom is 0.241 e. The predicted octanol–water partition coefficient (Wildman–Crippen LogP) is 2.14. The molecule has 0 bridgehead atoms. The average Bonchev–Trinajstić information content (AvgIpc) is 2.99. The van der Waals surface area contributed by atoms with Gasteiger partial charge in [-0.2, -0.15) is 0 Å². The molecule has 0 unspecified atom stereocenters. The van der Waals surface area contributed by atoms with Crippen molar-refractivity contribution in [3.05, 3.63) is 29.0 Å². The second kappa shape index (κ2) is 3.30. The number of pyridine rings is 1. The van der Waals surface area contributed by atoms with E-state index in [0.29, 0.717) is 11.0 Å². The SMILES string of the molecule is O=S(=O)(C1CC1)n1ccc2ncc(Br)cc21. The van der Waals surface area contributed by atoms with Crippen LogP contribution in [-0.2, 0) is 10.0 Å². The molecule has 3 rings (SSSR count). The Morgan fingerprint density at radius 2 is 2.19 bits per heavy atom. The summed E-state index contributed by atoms with van der Waals surface area (Å²) < 4.78 is 26.3. The van der Waals surface area contributed by atoms with Crippen molar-refractivity contribution in [3.8, 4) is 0 Å². The van der Waals surface area contributed by atoms with Gasteiger partial charge < -0.3 is 0 Å². The average molecular weight is 301 g/mol. The number of nitrogens with zero attached hydrogens (tertiary/aromatic N) is 2. The highest BCUT2D eigenvalue weighted by molar-refractivity contribution is 9.10. The summed E-state index contributed by atoms with van der Waals surface area (Å²) in [6.07, 6.45) is 4.78. The molecule has 0 aliphatic heterocycles. The van der Waals surface area contributed by atoms with Crippen LogP contribution < -0.4 is 0 Å². The van der Waals surface area contributed by atoms with E-state index in [1.165, 1.54) is 3.97 Å². The Bertz CT molecular complexity index is 659. The third kappa shape index (κ3) is 1.48. The maximum absolute atomic E-state index is 12.1. The predicted molar refractivity (Wildman–Crippen MR) is 64.8 cm³/mol. The van der Waals surface area contributed by atoms with Crippen LogP contribution in [0.4, 0.5) is 0 Å². The van der Waals surface area contributed by atoms with E-state index < -0.39 is 10.0 Å². The van der Waals surface area contributed by atoms with E-state index in [0.717, 1.165) is 17.3 Å². The van der Waals surface area contributed by atoms with E-state index in [2.05, 4.69) is 20.9 Å². The second-order valence-corrected chi connectivity index (χ2v) is 6.92. The molecular weight excluding hydrogens is 292 g/mol. The Balaban J connectivity index is 2.28. The Morgan fingerprint density at radius 3 is 2.88 bits per heavy atom. The first-order chi connectivity index (χ1) is 7.59. The number of halogens is 1. The van der Waals surface area contributed by atoms with Crippen LogP contribution in [0.3, 0.4) is 0 Å². The summed E-state index contributed by atoms with van der Waals surface area (Å²) in [6.45, 7) is 0. The summed E-state index contributed by atoms with van der Waals surface area (Å²) in [5.41, 5.74) is 1.34. The molecule has 0 radical (unpaired) electrons. The molecule has 2 heterocycles. The van der Waals surface area contributed by atoms with Crippen LogP contribution in [0.5, 0.6) is 0 Å². The van der Waals surface area contributed by atoms with Crippen LogP contribution in [0.15, 0.2) is 29.0 Å². The fourth-order valence-electron chi connectivity index (χ4n) is 1.71. The molecule has 0 atom stereocenters. The molecule has 1 fully saturated rings. The molecule has 4 nitrogen and oxygen atoms in total. The van der Waals surface area contributed by atoms with Gasteiger partial charge in [-0.1, -0.05) is 0 Å². The lowest BCUT2D eigenvalue weighted by Crippen LogP contribution is -2.16. The summed E-state index contributed by atoms with van der Waals surface area (Å²) in [6, 6.07) is 3.50. The van der Waals surface area contributed by atoms with Crippen LogP contribution in [0.1, 0.15) is 12.8 Å². The fourth-order valence-corrected chi connectivity index (χ4v) is 3.73. The van der Waals surface area contributed by atoms with Crippen LogP contribution in [0.25, 0.3) is 11.0 Å². The van der Waals surface area contributed by atoms with Crippen molar-refractivity contribution in [2.24, 2.45) is 0 Å². The maximum atomic E-state index is 12.1. The smallest absolute Gasteiger partial charge is 0.241 e. The van der Waals surface area contributed by atoms with Gasteiger partial charge in [0.2, 0.25) is 10.0 Å². The first-order valence-electron chi connectivity index (χ1n) is 4.96. The fraction of sp³-hybridized carbons (Fsp3) is 0.300. The van der Waals surface area contributed by atoms with E-state index in [4.69, 9.17) is 0 Å². The van der Waals surface area contributed by atoms with Crippen molar-refractivity contribution in [1.29, 1.82) is 0 Å². The Kier molecular flexibility index (Phi) is 2.12. The molecule has 0 aromatic carbocycles. The molecular formula is C10H9BrN2O2S. The van der Waals surface area contributed by atoms with Gasteiger partial charge in [0, 0.05) is 16.9 Å². The highest BCUT2D eigenvalue weighted by atomic mass is 79.9. The number of fused-ring (bicyclic) bond motifs is 1. The molecule has 6 heteroatoms. The Hall–Kier alpha value is -0.880. The summed E-state index contributed by atoms with van der Waals surface area (Å²) in [7, 11) is -3.21. The monoisotopic (exact) mass is 300 g/mol. The first kappa shape index (κ1) is 10.3. The van der Waals surface area contributed by atoms with Gasteiger partial charge in [-0.3, -0.25) is 4.98 Å². The van der Waals surface area contributed by atoms with Gasteiger partial charge in [-0.15, -0.1) is 0 Å². The summed E-state index contributed by atoms with van der Waals surface area (Å²) in [5.74, 6) is 0. The van der Waals surface area contributed by atoms with Crippen molar-refractivity contribution in [2.75, 3.05) is 0 Å². The number of rotatable bonds is 2. The minimum Gasteiger partial charge on any atom is -0.253 e. The standard InChI is InChI=1S/C10H9BrN2O2S/c11-7-5-10-9(12-6-7)3-4-13(10)16(14,15)8-1-2-8/h3-6,8H,1-2H2. The van der Waals surface area contributed by atoms with Gasteiger partial charge in [-0.05, 0) is 40.9 Å². The Morgan fingerprint density at radius 1 is 1.44 bits per heavy atom.